The number of nitrogens with one attached hydrogen (secondary N) is 2. The summed E-state index contributed by atoms with van der Waals surface area (Å²) in [4.78, 5) is 35.3. The van der Waals surface area contributed by atoms with Gasteiger partial charge < -0.3 is 20.5 Å². The average molecular weight is 439 g/mol. The number of amides is 2. The van der Waals surface area contributed by atoms with Crippen LogP contribution in [-0.4, -0.2) is 42.3 Å². The summed E-state index contributed by atoms with van der Waals surface area (Å²) in [5.41, 5.74) is 4.63. The number of rotatable bonds is 11. The van der Waals surface area contributed by atoms with Crippen LogP contribution in [0.1, 0.15) is 56.1 Å². The van der Waals surface area contributed by atoms with Crippen LogP contribution in [0.3, 0.4) is 0 Å². The highest BCUT2D eigenvalue weighted by atomic mass is 16.5. The smallest absolute Gasteiger partial charge is 0.407 e. The molecule has 0 bridgehead atoms. The SMILES string of the molecule is CCCCC(NC(=O)CCCNC(=O)OCC1c2ccccc2-c2ccccc21)C(=O)O. The molecule has 0 heterocycles. The van der Waals surface area contributed by atoms with Crippen LogP contribution in [0.25, 0.3) is 11.1 Å². The Balaban J connectivity index is 1.41. The van der Waals surface area contributed by atoms with Gasteiger partial charge in [-0.25, -0.2) is 9.59 Å². The Morgan fingerprint density at radius 1 is 1.00 bits per heavy atom. The number of carbonyl (C=O) groups excluding carboxylic acids is 2. The lowest BCUT2D eigenvalue weighted by Gasteiger charge is -2.15. The molecule has 0 fully saturated rings. The quantitative estimate of drug-likeness (QED) is 0.459. The number of carboxylic acid groups (broad SMARTS) is 1. The van der Waals surface area contributed by atoms with Crippen molar-refractivity contribution < 1.29 is 24.2 Å². The van der Waals surface area contributed by atoms with Gasteiger partial charge in [0, 0.05) is 18.9 Å². The first kappa shape index (κ1) is 23.3. The van der Waals surface area contributed by atoms with Gasteiger partial charge in [-0.15, -0.1) is 0 Å². The molecule has 0 saturated heterocycles. The van der Waals surface area contributed by atoms with Crippen molar-refractivity contribution in [1.82, 2.24) is 10.6 Å². The molecule has 1 aliphatic rings. The second-order valence-electron chi connectivity index (χ2n) is 7.96. The summed E-state index contributed by atoms with van der Waals surface area (Å²) in [7, 11) is 0. The zero-order valence-corrected chi connectivity index (χ0v) is 18.3. The number of carboxylic acids is 1. The van der Waals surface area contributed by atoms with E-state index < -0.39 is 18.1 Å². The predicted octanol–water partition coefficient (Wildman–Crippen LogP) is 4.06. The summed E-state index contributed by atoms with van der Waals surface area (Å²) < 4.78 is 5.46. The number of benzene rings is 2. The third kappa shape index (κ3) is 5.87. The molecule has 7 nitrogen and oxygen atoms in total. The van der Waals surface area contributed by atoms with Crippen molar-refractivity contribution in [3.05, 3.63) is 59.7 Å². The number of aliphatic carboxylic acids is 1. The molecule has 1 unspecified atom stereocenters. The van der Waals surface area contributed by atoms with Crippen LogP contribution in [0.2, 0.25) is 0 Å². The summed E-state index contributed by atoms with van der Waals surface area (Å²) in [5.74, 6) is -1.36. The number of hydrogen-bond acceptors (Lipinski definition) is 4. The molecule has 0 aliphatic heterocycles. The third-order valence-corrected chi connectivity index (χ3v) is 5.67. The zero-order valence-electron chi connectivity index (χ0n) is 18.3. The number of carbonyl (C=O) groups is 3. The summed E-state index contributed by atoms with van der Waals surface area (Å²) in [6, 6.07) is 15.4. The Kier molecular flexibility index (Phi) is 8.25. The van der Waals surface area contributed by atoms with Crippen LogP contribution in [0.5, 0.6) is 0 Å². The maximum Gasteiger partial charge on any atom is 0.407 e. The van der Waals surface area contributed by atoms with E-state index in [9.17, 15) is 19.5 Å². The van der Waals surface area contributed by atoms with Crippen LogP contribution in [-0.2, 0) is 14.3 Å². The molecule has 1 atom stereocenters. The van der Waals surface area contributed by atoms with Gasteiger partial charge in [0.2, 0.25) is 5.91 Å². The van der Waals surface area contributed by atoms with E-state index in [0.29, 0.717) is 12.8 Å². The predicted molar refractivity (Wildman–Crippen MR) is 121 cm³/mol. The highest BCUT2D eigenvalue weighted by Crippen LogP contribution is 2.44. The van der Waals surface area contributed by atoms with E-state index in [0.717, 1.165) is 24.0 Å². The fourth-order valence-corrected chi connectivity index (χ4v) is 4.02. The molecule has 32 heavy (non-hydrogen) atoms. The van der Waals surface area contributed by atoms with Gasteiger partial charge in [-0.3, -0.25) is 4.79 Å². The average Bonchev–Trinajstić information content (AvgIpc) is 3.11. The molecule has 1 aliphatic carbocycles. The minimum Gasteiger partial charge on any atom is -0.480 e. The van der Waals surface area contributed by atoms with Crippen LogP contribution < -0.4 is 10.6 Å². The highest BCUT2D eigenvalue weighted by molar-refractivity contribution is 5.83. The van der Waals surface area contributed by atoms with E-state index in [-0.39, 0.29) is 31.4 Å². The van der Waals surface area contributed by atoms with Gasteiger partial charge in [0.1, 0.15) is 12.6 Å². The van der Waals surface area contributed by atoms with Crippen LogP contribution >= 0.6 is 0 Å². The second-order valence-corrected chi connectivity index (χ2v) is 7.96. The van der Waals surface area contributed by atoms with Crippen LogP contribution in [0.15, 0.2) is 48.5 Å². The minimum atomic E-state index is -1.02. The maximum atomic E-state index is 12.1. The first-order valence-electron chi connectivity index (χ1n) is 11.1. The number of alkyl carbamates (subject to hydrolysis) is 1. The van der Waals surface area contributed by atoms with Crippen LogP contribution in [0.4, 0.5) is 4.79 Å². The Labute approximate surface area is 188 Å². The lowest BCUT2D eigenvalue weighted by atomic mass is 9.98. The van der Waals surface area contributed by atoms with Gasteiger partial charge >= 0.3 is 12.1 Å². The van der Waals surface area contributed by atoms with E-state index in [2.05, 4.69) is 34.9 Å². The van der Waals surface area contributed by atoms with E-state index in [1.54, 1.807) is 0 Å². The molecule has 2 aromatic rings. The molecular formula is C25H30N2O5. The van der Waals surface area contributed by atoms with Gasteiger partial charge in [-0.05, 0) is 35.1 Å². The van der Waals surface area contributed by atoms with E-state index in [4.69, 9.17) is 4.74 Å². The van der Waals surface area contributed by atoms with E-state index in [1.165, 1.54) is 11.1 Å². The van der Waals surface area contributed by atoms with E-state index in [1.807, 2.05) is 31.2 Å². The number of fused-ring (bicyclic) bond motifs is 3. The number of ether oxygens (including phenoxy) is 1. The van der Waals surface area contributed by atoms with Gasteiger partial charge in [-0.1, -0.05) is 68.3 Å². The van der Waals surface area contributed by atoms with Crippen molar-refractivity contribution in [3.63, 3.8) is 0 Å². The largest absolute Gasteiger partial charge is 0.480 e. The summed E-state index contributed by atoms with van der Waals surface area (Å²) in [5, 5.41) is 14.4. The van der Waals surface area contributed by atoms with Crippen molar-refractivity contribution in [2.75, 3.05) is 13.2 Å². The van der Waals surface area contributed by atoms with Crippen molar-refractivity contribution >= 4 is 18.0 Å². The normalized spacial score (nSPS) is 13.0. The second kappa shape index (κ2) is 11.3. The summed E-state index contributed by atoms with van der Waals surface area (Å²) in [6.07, 6.45) is 2.02. The molecule has 0 radical (unpaired) electrons. The van der Waals surface area contributed by atoms with E-state index >= 15 is 0 Å². The van der Waals surface area contributed by atoms with Gasteiger partial charge in [-0.2, -0.15) is 0 Å². The lowest BCUT2D eigenvalue weighted by Crippen LogP contribution is -2.40. The van der Waals surface area contributed by atoms with Crippen molar-refractivity contribution in [1.29, 1.82) is 0 Å². The molecule has 0 saturated carbocycles. The topological polar surface area (TPSA) is 105 Å². The Morgan fingerprint density at radius 2 is 1.62 bits per heavy atom. The summed E-state index contributed by atoms with van der Waals surface area (Å²) >= 11 is 0. The Bertz CT molecular complexity index is 913. The monoisotopic (exact) mass is 438 g/mol. The first-order valence-corrected chi connectivity index (χ1v) is 11.1. The van der Waals surface area contributed by atoms with Crippen LogP contribution in [0, 0.1) is 0 Å². The molecule has 3 rings (SSSR count). The maximum absolute atomic E-state index is 12.1. The van der Waals surface area contributed by atoms with Gasteiger partial charge in [0.25, 0.3) is 0 Å². The molecular weight excluding hydrogens is 408 g/mol. The fraction of sp³-hybridized carbons (Fsp3) is 0.400. The van der Waals surface area contributed by atoms with Gasteiger partial charge in [0.05, 0.1) is 0 Å². The molecule has 3 N–H and O–H groups in total. The Hall–Kier alpha value is -3.35. The lowest BCUT2D eigenvalue weighted by molar-refractivity contribution is -0.142. The molecule has 2 aromatic carbocycles. The molecule has 2 amide bonds. The minimum absolute atomic E-state index is 0.00463. The summed E-state index contributed by atoms with van der Waals surface area (Å²) in [6.45, 7) is 2.48. The van der Waals surface area contributed by atoms with Crippen molar-refractivity contribution in [2.45, 2.75) is 51.0 Å². The van der Waals surface area contributed by atoms with Crippen molar-refractivity contribution in [3.8, 4) is 11.1 Å². The van der Waals surface area contributed by atoms with Gasteiger partial charge in [0.15, 0.2) is 0 Å². The Morgan fingerprint density at radius 3 is 2.22 bits per heavy atom. The zero-order chi connectivity index (χ0) is 22.9. The molecule has 0 spiro atoms. The first-order chi connectivity index (χ1) is 15.5. The third-order valence-electron chi connectivity index (χ3n) is 5.67. The standard InChI is InChI=1S/C25H30N2O5/c1-2-3-13-22(24(29)30)27-23(28)14-8-15-26-25(31)32-16-21-19-11-6-4-9-17(19)18-10-5-7-12-20(18)21/h4-7,9-12,21-22H,2-3,8,13-16H2,1H3,(H,26,31)(H,27,28)(H,29,30). The molecule has 7 heteroatoms. The number of hydrogen-bond donors (Lipinski definition) is 3. The molecule has 0 aromatic heterocycles. The molecule has 170 valence electrons. The highest BCUT2D eigenvalue weighted by Gasteiger charge is 2.29. The fourth-order valence-electron chi connectivity index (χ4n) is 4.02. The van der Waals surface area contributed by atoms with Crippen molar-refractivity contribution in [2.24, 2.45) is 0 Å². The number of unbranched alkanes of at least 4 members (excludes halogenated alkanes) is 1.